The van der Waals surface area contributed by atoms with E-state index in [2.05, 4.69) is 30.2 Å². The Labute approximate surface area is 116 Å². The maximum atomic E-state index is 5.39. The highest BCUT2D eigenvalue weighted by Crippen LogP contribution is 2.22. The van der Waals surface area contributed by atoms with Gasteiger partial charge in [-0.1, -0.05) is 22.0 Å². The molecule has 4 nitrogen and oxygen atoms in total. The van der Waals surface area contributed by atoms with Gasteiger partial charge in [0, 0.05) is 31.7 Å². The minimum Gasteiger partial charge on any atom is -0.380 e. The number of hydrogen-bond acceptors (Lipinski definition) is 3. The summed E-state index contributed by atoms with van der Waals surface area (Å²) in [5.74, 6) is 1.01. The van der Waals surface area contributed by atoms with E-state index in [9.17, 15) is 0 Å². The second-order valence-electron chi connectivity index (χ2n) is 4.06. The summed E-state index contributed by atoms with van der Waals surface area (Å²) in [5, 5.41) is 0.784. The van der Waals surface area contributed by atoms with Crippen LogP contribution in [0, 0.1) is 0 Å². The molecule has 0 aliphatic heterocycles. The first kappa shape index (κ1) is 13.4. The van der Waals surface area contributed by atoms with Gasteiger partial charge in [-0.2, -0.15) is 0 Å². The number of imidazole rings is 1. The van der Waals surface area contributed by atoms with Crippen molar-refractivity contribution >= 4 is 27.4 Å². The number of fused-ring (bicyclic) bond motifs is 1. The summed E-state index contributed by atoms with van der Waals surface area (Å²) in [6.07, 6.45) is 2.04. The van der Waals surface area contributed by atoms with Crippen LogP contribution in [0.3, 0.4) is 0 Å². The lowest BCUT2D eigenvalue weighted by atomic mass is 10.4. The molecule has 2 aromatic rings. The van der Waals surface area contributed by atoms with Crippen LogP contribution in [0.4, 0.5) is 5.82 Å². The van der Waals surface area contributed by atoms with Gasteiger partial charge >= 0.3 is 0 Å². The number of aromatic nitrogens is 2. The maximum Gasteiger partial charge on any atom is 0.151 e. The molecule has 0 radical (unpaired) electrons. The summed E-state index contributed by atoms with van der Waals surface area (Å²) in [4.78, 5) is 6.80. The fourth-order valence-electron chi connectivity index (χ4n) is 1.92. The molecule has 0 fully saturated rings. The molecule has 98 valence electrons. The van der Waals surface area contributed by atoms with Crippen LogP contribution in [0.1, 0.15) is 12.6 Å². The molecule has 2 rings (SSSR count). The number of likely N-dealkylation sites (N-methyl/N-ethyl adjacent to an activating group) is 1. The average Bonchev–Trinajstić information content (AvgIpc) is 2.77. The fraction of sp³-hybridized carbons (Fsp3) is 0.462. The van der Waals surface area contributed by atoms with E-state index in [-0.39, 0.29) is 0 Å². The molecule has 0 unspecified atom stereocenters. The van der Waals surface area contributed by atoms with Crippen LogP contribution in [-0.4, -0.2) is 36.2 Å². The summed E-state index contributed by atoms with van der Waals surface area (Å²) in [6.45, 7) is 4.33. The molecule has 2 aromatic heterocycles. The zero-order valence-electron chi connectivity index (χ0n) is 10.8. The van der Waals surface area contributed by atoms with Crippen molar-refractivity contribution < 1.29 is 4.74 Å². The second kappa shape index (κ2) is 6.20. The molecule has 5 heteroatoms. The van der Waals surface area contributed by atoms with Gasteiger partial charge in [-0.25, -0.2) is 4.98 Å². The highest BCUT2D eigenvalue weighted by atomic mass is 79.9. The zero-order valence-corrected chi connectivity index (χ0v) is 12.4. The SMILES string of the molecule is CCOCCN(C)c1nc2ccccn2c1CBr. The normalized spacial score (nSPS) is 11.1. The summed E-state index contributed by atoms with van der Waals surface area (Å²) >= 11 is 3.54. The number of rotatable bonds is 6. The quantitative estimate of drug-likeness (QED) is 0.607. The van der Waals surface area contributed by atoms with E-state index in [1.54, 1.807) is 0 Å². The van der Waals surface area contributed by atoms with Crippen molar-refractivity contribution in [2.75, 3.05) is 31.7 Å². The summed E-state index contributed by atoms with van der Waals surface area (Å²) < 4.78 is 7.50. The number of nitrogens with zero attached hydrogens (tertiary/aromatic N) is 3. The topological polar surface area (TPSA) is 29.8 Å². The van der Waals surface area contributed by atoms with Gasteiger partial charge < -0.3 is 14.0 Å². The van der Waals surface area contributed by atoms with Crippen LogP contribution in [0.2, 0.25) is 0 Å². The van der Waals surface area contributed by atoms with Crippen LogP contribution < -0.4 is 4.90 Å². The molecule has 0 atom stereocenters. The number of pyridine rings is 1. The monoisotopic (exact) mass is 311 g/mol. The first-order chi connectivity index (χ1) is 8.77. The average molecular weight is 312 g/mol. The lowest BCUT2D eigenvalue weighted by molar-refractivity contribution is 0.154. The molecule has 0 aliphatic rings. The van der Waals surface area contributed by atoms with Crippen molar-refractivity contribution in [2.24, 2.45) is 0 Å². The van der Waals surface area contributed by atoms with Crippen molar-refractivity contribution in [3.8, 4) is 0 Å². The Morgan fingerprint density at radius 2 is 2.28 bits per heavy atom. The van der Waals surface area contributed by atoms with Crippen LogP contribution in [-0.2, 0) is 10.1 Å². The van der Waals surface area contributed by atoms with Gasteiger partial charge in [-0.3, -0.25) is 0 Å². The summed E-state index contributed by atoms with van der Waals surface area (Å²) in [6, 6.07) is 6.04. The first-order valence-corrected chi connectivity index (χ1v) is 7.21. The minimum absolute atomic E-state index is 0.725. The largest absolute Gasteiger partial charge is 0.380 e. The zero-order chi connectivity index (χ0) is 13.0. The molecule has 0 aromatic carbocycles. The third kappa shape index (κ3) is 2.67. The molecular weight excluding hydrogens is 294 g/mol. The van der Waals surface area contributed by atoms with Gasteiger partial charge in [0.1, 0.15) is 5.65 Å². The van der Waals surface area contributed by atoms with Crippen molar-refractivity contribution in [3.63, 3.8) is 0 Å². The van der Waals surface area contributed by atoms with Crippen LogP contribution in [0.5, 0.6) is 0 Å². The molecular formula is C13H18BrN3O. The maximum absolute atomic E-state index is 5.39. The summed E-state index contributed by atoms with van der Waals surface area (Å²) in [5.41, 5.74) is 2.15. The highest BCUT2D eigenvalue weighted by Gasteiger charge is 2.14. The Hall–Kier alpha value is -1.07. The highest BCUT2D eigenvalue weighted by molar-refractivity contribution is 9.08. The second-order valence-corrected chi connectivity index (χ2v) is 4.62. The number of hydrogen-bond donors (Lipinski definition) is 0. The van der Waals surface area contributed by atoms with E-state index in [0.29, 0.717) is 0 Å². The van der Waals surface area contributed by atoms with Gasteiger partial charge in [0.2, 0.25) is 0 Å². The molecule has 0 saturated heterocycles. The molecule has 0 N–H and O–H groups in total. The van der Waals surface area contributed by atoms with Gasteiger partial charge in [-0.15, -0.1) is 0 Å². The third-order valence-electron chi connectivity index (χ3n) is 2.87. The van der Waals surface area contributed by atoms with E-state index >= 15 is 0 Å². The number of anilines is 1. The van der Waals surface area contributed by atoms with E-state index in [0.717, 1.165) is 36.6 Å². The Balaban J connectivity index is 2.26. The first-order valence-electron chi connectivity index (χ1n) is 6.08. The Morgan fingerprint density at radius 3 is 3.00 bits per heavy atom. The van der Waals surface area contributed by atoms with Gasteiger partial charge in [0.25, 0.3) is 0 Å². The fourth-order valence-corrected chi connectivity index (χ4v) is 2.44. The molecule has 0 saturated carbocycles. The standard InChI is InChI=1S/C13H18BrN3O/c1-3-18-9-8-16(2)13-11(10-14)17-7-5-4-6-12(17)15-13/h4-7H,3,8-10H2,1-2H3. The van der Waals surface area contributed by atoms with E-state index < -0.39 is 0 Å². The third-order valence-corrected chi connectivity index (χ3v) is 3.40. The van der Waals surface area contributed by atoms with Crippen molar-refractivity contribution in [3.05, 3.63) is 30.1 Å². The van der Waals surface area contributed by atoms with Crippen LogP contribution >= 0.6 is 15.9 Å². The van der Waals surface area contributed by atoms with Gasteiger partial charge in [-0.05, 0) is 19.1 Å². The molecule has 0 bridgehead atoms. The minimum atomic E-state index is 0.725. The van der Waals surface area contributed by atoms with Crippen LogP contribution in [0.15, 0.2) is 24.4 Å². The molecule has 0 spiro atoms. The van der Waals surface area contributed by atoms with Gasteiger partial charge in [0.05, 0.1) is 12.3 Å². The number of halogens is 1. The Kier molecular flexibility index (Phi) is 4.60. The lowest BCUT2D eigenvalue weighted by Crippen LogP contribution is -2.23. The van der Waals surface area contributed by atoms with Gasteiger partial charge in [0.15, 0.2) is 5.82 Å². The van der Waals surface area contributed by atoms with Crippen molar-refractivity contribution in [2.45, 2.75) is 12.3 Å². The molecule has 0 amide bonds. The van der Waals surface area contributed by atoms with Crippen molar-refractivity contribution in [1.29, 1.82) is 0 Å². The van der Waals surface area contributed by atoms with E-state index in [1.807, 2.05) is 38.4 Å². The Bertz CT molecular complexity index is 512. The predicted molar refractivity (Wildman–Crippen MR) is 77.6 cm³/mol. The van der Waals surface area contributed by atoms with E-state index in [1.165, 1.54) is 5.69 Å². The molecule has 2 heterocycles. The number of alkyl halides is 1. The van der Waals surface area contributed by atoms with E-state index in [4.69, 9.17) is 4.74 Å². The predicted octanol–water partition coefficient (Wildman–Crippen LogP) is 2.70. The van der Waals surface area contributed by atoms with Crippen molar-refractivity contribution in [1.82, 2.24) is 9.38 Å². The molecule has 18 heavy (non-hydrogen) atoms. The van der Waals surface area contributed by atoms with Crippen LogP contribution in [0.25, 0.3) is 5.65 Å². The lowest BCUT2D eigenvalue weighted by Gasteiger charge is -2.17. The number of ether oxygens (including phenoxy) is 1. The molecule has 0 aliphatic carbocycles. The Morgan fingerprint density at radius 1 is 1.44 bits per heavy atom. The smallest absolute Gasteiger partial charge is 0.151 e. The summed E-state index contributed by atoms with van der Waals surface area (Å²) in [7, 11) is 2.05.